The van der Waals surface area contributed by atoms with Crippen molar-refractivity contribution in [2.24, 2.45) is 0 Å². The highest BCUT2D eigenvalue weighted by Gasteiger charge is 2.17. The van der Waals surface area contributed by atoms with Gasteiger partial charge in [-0.25, -0.2) is 0 Å². The average Bonchev–Trinajstić information content (AvgIpc) is 2.43. The smallest absolute Gasteiger partial charge is 0.0435 e. The van der Waals surface area contributed by atoms with Crippen LogP contribution in [0.3, 0.4) is 0 Å². The summed E-state index contributed by atoms with van der Waals surface area (Å²) in [4.78, 5) is 0. The first-order chi connectivity index (χ1) is 5.86. The summed E-state index contributed by atoms with van der Waals surface area (Å²) in [5.41, 5.74) is 12.1. The van der Waals surface area contributed by atoms with Gasteiger partial charge in [0.15, 0.2) is 0 Å². The van der Waals surface area contributed by atoms with Crippen LogP contribution in [0, 0.1) is 0 Å². The molecule has 1 heteroatoms. The van der Waals surface area contributed by atoms with Crippen molar-refractivity contribution in [1.82, 2.24) is 0 Å². The van der Waals surface area contributed by atoms with Crippen molar-refractivity contribution in [1.29, 1.82) is 0 Å². The van der Waals surface area contributed by atoms with Gasteiger partial charge in [0.25, 0.3) is 0 Å². The van der Waals surface area contributed by atoms with E-state index in [4.69, 9.17) is 5.73 Å². The number of hydrogen-bond donors (Lipinski definition) is 1. The largest absolute Gasteiger partial charge is 0.398 e. The highest BCUT2D eigenvalue weighted by molar-refractivity contribution is 5.94. The molecule has 2 N–H and O–H groups in total. The molecular formula is C11H9N. The molecule has 0 radical (unpaired) electrons. The Hall–Kier alpha value is -1.50. The first kappa shape index (κ1) is 6.06. The van der Waals surface area contributed by atoms with Crippen molar-refractivity contribution >= 4 is 23.9 Å². The van der Waals surface area contributed by atoms with E-state index in [0.717, 1.165) is 12.1 Å². The Morgan fingerprint density at radius 2 is 2.00 bits per heavy atom. The van der Waals surface area contributed by atoms with Crippen LogP contribution < -0.4 is 5.73 Å². The van der Waals surface area contributed by atoms with E-state index in [1.54, 1.807) is 0 Å². The molecule has 0 unspecified atom stereocenters. The van der Waals surface area contributed by atoms with E-state index in [9.17, 15) is 0 Å². The zero-order valence-electron chi connectivity index (χ0n) is 6.67. The Morgan fingerprint density at radius 1 is 1.08 bits per heavy atom. The number of rotatable bonds is 0. The van der Waals surface area contributed by atoms with Crippen molar-refractivity contribution in [3.63, 3.8) is 0 Å². The molecule has 0 aromatic heterocycles. The number of nitrogen functional groups attached to an aromatic ring is 1. The zero-order chi connectivity index (χ0) is 8.13. The van der Waals surface area contributed by atoms with E-state index in [-0.39, 0.29) is 0 Å². The standard InChI is InChI=1S/C11H9N/c12-11-9-3-1-2-7(9)6-8-4-5-10(8)11/h1-2,4-6H,3,12H2. The molecule has 0 fully saturated rings. The van der Waals surface area contributed by atoms with Gasteiger partial charge in [-0.2, -0.15) is 0 Å². The van der Waals surface area contributed by atoms with Gasteiger partial charge in [0.05, 0.1) is 0 Å². The molecule has 0 heterocycles. The van der Waals surface area contributed by atoms with Gasteiger partial charge in [-0.15, -0.1) is 0 Å². The van der Waals surface area contributed by atoms with Crippen LogP contribution in [0.5, 0.6) is 0 Å². The van der Waals surface area contributed by atoms with Crippen molar-refractivity contribution in [2.75, 3.05) is 5.73 Å². The predicted molar refractivity (Wildman–Crippen MR) is 52.5 cm³/mol. The molecule has 0 spiro atoms. The normalized spacial score (nSPS) is 15.7. The molecular weight excluding hydrogens is 146 g/mol. The molecule has 0 amide bonds. The lowest BCUT2D eigenvalue weighted by Crippen LogP contribution is -2.02. The molecule has 1 nitrogen and oxygen atoms in total. The highest BCUT2D eigenvalue weighted by Crippen LogP contribution is 2.36. The second-order valence-electron chi connectivity index (χ2n) is 3.30. The maximum Gasteiger partial charge on any atom is 0.0435 e. The molecule has 58 valence electrons. The van der Waals surface area contributed by atoms with Gasteiger partial charge in [0, 0.05) is 11.3 Å². The number of fused-ring (bicyclic) bond motifs is 2. The SMILES string of the molecule is Nc1c2c(cc3c1CC=C3)C=C2. The number of nitrogens with two attached hydrogens (primary N) is 1. The Labute approximate surface area is 71.2 Å². The molecule has 0 saturated carbocycles. The van der Waals surface area contributed by atoms with Crippen LogP contribution in [-0.2, 0) is 6.42 Å². The molecule has 2 aliphatic rings. The molecule has 3 rings (SSSR count). The van der Waals surface area contributed by atoms with Crippen LogP contribution in [0.1, 0.15) is 22.3 Å². The van der Waals surface area contributed by atoms with Crippen molar-refractivity contribution in [2.45, 2.75) is 6.42 Å². The maximum atomic E-state index is 5.99. The molecule has 1 aromatic carbocycles. The predicted octanol–water partition coefficient (Wildman–Crippen LogP) is 2.32. The highest BCUT2D eigenvalue weighted by atomic mass is 14.6. The fourth-order valence-corrected chi connectivity index (χ4v) is 1.89. The van der Waals surface area contributed by atoms with E-state index < -0.39 is 0 Å². The van der Waals surface area contributed by atoms with Crippen LogP contribution in [0.2, 0.25) is 0 Å². The third-order valence-electron chi connectivity index (χ3n) is 2.63. The summed E-state index contributed by atoms with van der Waals surface area (Å²) < 4.78 is 0. The van der Waals surface area contributed by atoms with Crippen molar-refractivity contribution in [3.05, 3.63) is 34.4 Å². The first-order valence-corrected chi connectivity index (χ1v) is 4.16. The van der Waals surface area contributed by atoms with Crippen LogP contribution >= 0.6 is 0 Å². The van der Waals surface area contributed by atoms with Crippen LogP contribution in [0.4, 0.5) is 5.69 Å². The van der Waals surface area contributed by atoms with Gasteiger partial charge in [-0.05, 0) is 29.2 Å². The number of hydrogen-bond acceptors (Lipinski definition) is 1. The molecule has 0 aliphatic heterocycles. The molecule has 0 bridgehead atoms. The summed E-state index contributed by atoms with van der Waals surface area (Å²) in [6.45, 7) is 0. The van der Waals surface area contributed by atoms with Crippen LogP contribution in [0.25, 0.3) is 18.2 Å². The summed E-state index contributed by atoms with van der Waals surface area (Å²) >= 11 is 0. The zero-order valence-corrected chi connectivity index (χ0v) is 6.67. The minimum absolute atomic E-state index is 0.981. The average molecular weight is 155 g/mol. The summed E-state index contributed by atoms with van der Waals surface area (Å²) in [6.07, 6.45) is 9.52. The summed E-state index contributed by atoms with van der Waals surface area (Å²) in [5.74, 6) is 0. The minimum atomic E-state index is 0.981. The number of anilines is 1. The van der Waals surface area contributed by atoms with E-state index in [1.165, 1.54) is 22.3 Å². The van der Waals surface area contributed by atoms with Gasteiger partial charge >= 0.3 is 0 Å². The van der Waals surface area contributed by atoms with Crippen LogP contribution in [0.15, 0.2) is 12.1 Å². The Kier molecular flexibility index (Phi) is 0.912. The van der Waals surface area contributed by atoms with Gasteiger partial charge in [0.1, 0.15) is 0 Å². The molecule has 0 saturated heterocycles. The van der Waals surface area contributed by atoms with E-state index in [2.05, 4.69) is 30.4 Å². The second kappa shape index (κ2) is 1.81. The Bertz CT molecular complexity index is 425. The number of allylic oxidation sites excluding steroid dienone is 1. The lowest BCUT2D eigenvalue weighted by atomic mass is 9.90. The quantitative estimate of drug-likeness (QED) is 0.580. The monoisotopic (exact) mass is 155 g/mol. The van der Waals surface area contributed by atoms with E-state index in [1.807, 2.05) is 0 Å². The lowest BCUT2D eigenvalue weighted by Gasteiger charge is -2.16. The van der Waals surface area contributed by atoms with Gasteiger partial charge in [-0.1, -0.05) is 24.3 Å². The van der Waals surface area contributed by atoms with Gasteiger partial charge < -0.3 is 5.73 Å². The molecule has 1 aromatic rings. The maximum absolute atomic E-state index is 5.99. The topological polar surface area (TPSA) is 26.0 Å². The molecule has 0 atom stereocenters. The first-order valence-electron chi connectivity index (χ1n) is 4.16. The van der Waals surface area contributed by atoms with Gasteiger partial charge in [0.2, 0.25) is 0 Å². The van der Waals surface area contributed by atoms with Crippen molar-refractivity contribution in [3.8, 4) is 0 Å². The second-order valence-corrected chi connectivity index (χ2v) is 3.30. The lowest BCUT2D eigenvalue weighted by molar-refractivity contribution is 1.30. The van der Waals surface area contributed by atoms with E-state index >= 15 is 0 Å². The summed E-state index contributed by atoms with van der Waals surface area (Å²) in [5, 5.41) is 0. The van der Waals surface area contributed by atoms with Crippen molar-refractivity contribution < 1.29 is 0 Å². The van der Waals surface area contributed by atoms with Crippen LogP contribution in [-0.4, -0.2) is 0 Å². The van der Waals surface area contributed by atoms with E-state index in [0.29, 0.717) is 0 Å². The third kappa shape index (κ3) is 0.549. The molecule has 12 heavy (non-hydrogen) atoms. The van der Waals surface area contributed by atoms with Gasteiger partial charge in [-0.3, -0.25) is 0 Å². The molecule has 2 aliphatic carbocycles. The fraction of sp³-hybridized carbons (Fsp3) is 0.0909. The number of benzene rings is 1. The summed E-state index contributed by atoms with van der Waals surface area (Å²) in [6, 6.07) is 2.21. The Balaban J connectivity index is 2.37. The Morgan fingerprint density at radius 3 is 2.75 bits per heavy atom. The third-order valence-corrected chi connectivity index (χ3v) is 2.63. The fourth-order valence-electron chi connectivity index (χ4n) is 1.89. The minimum Gasteiger partial charge on any atom is -0.398 e. The summed E-state index contributed by atoms with van der Waals surface area (Å²) in [7, 11) is 0.